The quantitative estimate of drug-likeness (QED) is 0.464. The van der Waals surface area contributed by atoms with Crippen molar-refractivity contribution in [3.63, 3.8) is 0 Å². The number of nitrogens with zero attached hydrogens (tertiary/aromatic N) is 5. The lowest BCUT2D eigenvalue weighted by atomic mass is 10.1. The van der Waals surface area contributed by atoms with Crippen LogP contribution in [0.3, 0.4) is 0 Å². The van der Waals surface area contributed by atoms with E-state index in [1.165, 1.54) is 16.9 Å². The van der Waals surface area contributed by atoms with Crippen LogP contribution >= 0.6 is 11.3 Å². The molecule has 0 aliphatic carbocycles. The molecule has 3 heterocycles. The Morgan fingerprint density at radius 1 is 1.00 bits per heavy atom. The summed E-state index contributed by atoms with van der Waals surface area (Å²) < 4.78 is 7.26. The molecule has 0 unspecified atom stereocenters. The van der Waals surface area contributed by atoms with Gasteiger partial charge in [-0.1, -0.05) is 41.2 Å². The summed E-state index contributed by atoms with van der Waals surface area (Å²) in [4.78, 5) is 0.732. The monoisotopic (exact) mass is 402 g/mol. The molecule has 0 bridgehead atoms. The maximum absolute atomic E-state index is 5.51. The SMILES string of the molecule is CCOc1ccc(-c2nn3c(-c4cc(-c5ccc(C)cc5)n[nH]4)nnc3s2)cc1. The van der Waals surface area contributed by atoms with Gasteiger partial charge in [-0.25, -0.2) is 0 Å². The fourth-order valence-corrected chi connectivity index (χ4v) is 3.92. The Morgan fingerprint density at radius 3 is 2.52 bits per heavy atom. The summed E-state index contributed by atoms with van der Waals surface area (Å²) in [5.74, 6) is 1.49. The zero-order chi connectivity index (χ0) is 19.8. The highest BCUT2D eigenvalue weighted by atomic mass is 32.1. The first kappa shape index (κ1) is 17.6. The molecule has 7 nitrogen and oxygen atoms in total. The Labute approximate surface area is 171 Å². The lowest BCUT2D eigenvalue weighted by Crippen LogP contribution is -1.92. The molecule has 0 saturated carbocycles. The number of fused-ring (bicyclic) bond motifs is 1. The van der Waals surface area contributed by atoms with Crippen LogP contribution in [0.2, 0.25) is 0 Å². The van der Waals surface area contributed by atoms with Crippen molar-refractivity contribution in [1.29, 1.82) is 0 Å². The van der Waals surface area contributed by atoms with Gasteiger partial charge in [0.15, 0.2) is 0 Å². The van der Waals surface area contributed by atoms with Crippen molar-refractivity contribution in [2.75, 3.05) is 6.61 Å². The van der Waals surface area contributed by atoms with E-state index in [1.807, 2.05) is 37.3 Å². The molecule has 29 heavy (non-hydrogen) atoms. The van der Waals surface area contributed by atoms with Gasteiger partial charge in [-0.15, -0.1) is 10.2 Å². The van der Waals surface area contributed by atoms with E-state index in [2.05, 4.69) is 51.6 Å². The van der Waals surface area contributed by atoms with Crippen LogP contribution in [-0.2, 0) is 0 Å². The summed E-state index contributed by atoms with van der Waals surface area (Å²) in [6.45, 7) is 4.68. The van der Waals surface area contributed by atoms with E-state index in [9.17, 15) is 0 Å². The van der Waals surface area contributed by atoms with E-state index >= 15 is 0 Å². The van der Waals surface area contributed by atoms with Crippen LogP contribution < -0.4 is 4.74 Å². The van der Waals surface area contributed by atoms with Crippen LogP contribution in [0.1, 0.15) is 12.5 Å². The first-order valence-electron chi connectivity index (χ1n) is 9.29. The minimum Gasteiger partial charge on any atom is -0.494 e. The van der Waals surface area contributed by atoms with Crippen molar-refractivity contribution in [3.05, 3.63) is 60.2 Å². The van der Waals surface area contributed by atoms with Gasteiger partial charge >= 0.3 is 0 Å². The number of aryl methyl sites for hydroxylation is 1. The van der Waals surface area contributed by atoms with Gasteiger partial charge in [0.25, 0.3) is 0 Å². The van der Waals surface area contributed by atoms with Crippen LogP contribution in [0.4, 0.5) is 0 Å². The van der Waals surface area contributed by atoms with Crippen molar-refractivity contribution < 1.29 is 4.74 Å². The summed E-state index contributed by atoms with van der Waals surface area (Å²) in [6, 6.07) is 18.1. The lowest BCUT2D eigenvalue weighted by molar-refractivity contribution is 0.340. The van der Waals surface area contributed by atoms with E-state index in [1.54, 1.807) is 4.52 Å². The number of nitrogens with one attached hydrogen (secondary N) is 1. The Kier molecular flexibility index (Phi) is 4.33. The van der Waals surface area contributed by atoms with Crippen molar-refractivity contribution in [1.82, 2.24) is 30.0 Å². The van der Waals surface area contributed by atoms with Crippen molar-refractivity contribution >= 4 is 16.3 Å². The molecule has 2 aromatic carbocycles. The molecule has 5 aromatic rings. The van der Waals surface area contributed by atoms with Gasteiger partial charge in [0.2, 0.25) is 10.8 Å². The number of benzene rings is 2. The van der Waals surface area contributed by atoms with Gasteiger partial charge in [0.1, 0.15) is 16.5 Å². The molecule has 0 radical (unpaired) electrons. The van der Waals surface area contributed by atoms with Crippen molar-refractivity contribution in [3.8, 4) is 39.1 Å². The Morgan fingerprint density at radius 2 is 1.76 bits per heavy atom. The third-order valence-electron chi connectivity index (χ3n) is 4.57. The van der Waals surface area contributed by atoms with Crippen LogP contribution in [-0.4, -0.2) is 36.6 Å². The largest absolute Gasteiger partial charge is 0.494 e. The maximum Gasteiger partial charge on any atom is 0.235 e. The van der Waals surface area contributed by atoms with Gasteiger partial charge in [-0.2, -0.15) is 14.7 Å². The summed E-state index contributed by atoms with van der Waals surface area (Å²) in [5, 5.41) is 21.6. The third-order valence-corrected chi connectivity index (χ3v) is 5.52. The van der Waals surface area contributed by atoms with E-state index in [0.717, 1.165) is 38.2 Å². The van der Waals surface area contributed by atoms with Crippen LogP contribution in [0.5, 0.6) is 5.75 Å². The topological polar surface area (TPSA) is 81.0 Å². The maximum atomic E-state index is 5.51. The number of ether oxygens (including phenoxy) is 1. The second kappa shape index (κ2) is 7.14. The molecule has 8 heteroatoms. The molecule has 0 amide bonds. The van der Waals surface area contributed by atoms with Crippen LogP contribution in [0.25, 0.3) is 38.3 Å². The fraction of sp³-hybridized carbons (Fsp3) is 0.143. The zero-order valence-corrected chi connectivity index (χ0v) is 16.8. The van der Waals surface area contributed by atoms with Crippen molar-refractivity contribution in [2.24, 2.45) is 0 Å². The molecular formula is C21H18N6OS. The molecule has 3 aromatic heterocycles. The number of aromatic amines is 1. The highest BCUT2D eigenvalue weighted by Gasteiger charge is 2.17. The zero-order valence-electron chi connectivity index (χ0n) is 16.0. The number of rotatable bonds is 5. The molecule has 0 aliphatic heterocycles. The average molecular weight is 402 g/mol. The Hall–Kier alpha value is -3.52. The van der Waals surface area contributed by atoms with E-state index in [-0.39, 0.29) is 0 Å². The molecule has 0 spiro atoms. The standard InChI is InChI=1S/C21H18N6OS/c1-3-28-16-10-8-15(9-11-16)20-26-27-19(24-25-21(27)29-20)18-12-17(22-23-18)14-6-4-13(2)5-7-14/h4-12H,3H2,1-2H3,(H,22,23). The molecule has 144 valence electrons. The van der Waals surface area contributed by atoms with Gasteiger partial charge in [0, 0.05) is 11.1 Å². The van der Waals surface area contributed by atoms with Crippen molar-refractivity contribution in [2.45, 2.75) is 13.8 Å². The predicted molar refractivity (Wildman–Crippen MR) is 113 cm³/mol. The molecule has 0 atom stereocenters. The Bertz CT molecular complexity index is 1270. The van der Waals surface area contributed by atoms with Gasteiger partial charge in [-0.05, 0) is 44.2 Å². The summed E-state index contributed by atoms with van der Waals surface area (Å²) >= 11 is 1.49. The Balaban J connectivity index is 1.48. The van der Waals surface area contributed by atoms with Gasteiger partial charge < -0.3 is 4.74 Å². The first-order valence-corrected chi connectivity index (χ1v) is 10.1. The molecule has 0 aliphatic rings. The molecular weight excluding hydrogens is 384 g/mol. The minimum absolute atomic E-state index is 0.638. The average Bonchev–Trinajstić information content (AvgIpc) is 3.45. The van der Waals surface area contributed by atoms with Crippen LogP contribution in [0.15, 0.2) is 54.6 Å². The second-order valence-corrected chi connectivity index (χ2v) is 7.57. The second-order valence-electron chi connectivity index (χ2n) is 6.62. The minimum atomic E-state index is 0.638. The summed E-state index contributed by atoms with van der Waals surface area (Å²) in [7, 11) is 0. The van der Waals surface area contributed by atoms with Gasteiger partial charge in [0.05, 0.1) is 12.3 Å². The number of hydrogen-bond donors (Lipinski definition) is 1. The fourth-order valence-electron chi connectivity index (χ4n) is 3.07. The number of aromatic nitrogens is 6. The first-order chi connectivity index (χ1) is 14.2. The molecule has 0 saturated heterocycles. The highest BCUT2D eigenvalue weighted by molar-refractivity contribution is 7.19. The summed E-state index contributed by atoms with van der Waals surface area (Å²) in [6.07, 6.45) is 0. The number of hydrogen-bond acceptors (Lipinski definition) is 6. The molecule has 0 fully saturated rings. The number of H-pyrrole nitrogens is 1. The van der Waals surface area contributed by atoms with Crippen LogP contribution in [0, 0.1) is 6.92 Å². The molecule has 5 rings (SSSR count). The van der Waals surface area contributed by atoms with E-state index < -0.39 is 0 Å². The normalized spacial score (nSPS) is 11.2. The van der Waals surface area contributed by atoms with E-state index in [4.69, 9.17) is 9.84 Å². The highest BCUT2D eigenvalue weighted by Crippen LogP contribution is 2.29. The lowest BCUT2D eigenvalue weighted by Gasteiger charge is -2.02. The third kappa shape index (κ3) is 3.27. The van der Waals surface area contributed by atoms with Gasteiger partial charge in [-0.3, -0.25) is 5.10 Å². The van der Waals surface area contributed by atoms with E-state index in [0.29, 0.717) is 12.4 Å². The molecule has 1 N–H and O–H groups in total. The predicted octanol–water partition coefficient (Wildman–Crippen LogP) is 4.62. The smallest absolute Gasteiger partial charge is 0.235 e. The summed E-state index contributed by atoms with van der Waals surface area (Å²) in [5.41, 5.74) is 4.91.